The van der Waals surface area contributed by atoms with Crippen molar-refractivity contribution in [3.63, 3.8) is 0 Å². The van der Waals surface area contributed by atoms with Gasteiger partial charge in [0.15, 0.2) is 8.32 Å². The summed E-state index contributed by atoms with van der Waals surface area (Å²) in [6.45, 7) is 14.0. The summed E-state index contributed by atoms with van der Waals surface area (Å²) < 4.78 is 40.0. The summed E-state index contributed by atoms with van der Waals surface area (Å²) in [5, 5.41) is 9.60. The smallest absolute Gasteiger partial charge is 0.191 e. The predicted octanol–water partition coefficient (Wildman–Crippen LogP) is 2.87. The quantitative estimate of drug-likeness (QED) is 0.296. The van der Waals surface area contributed by atoms with Gasteiger partial charge in [-0.05, 0) is 31.0 Å². The first-order chi connectivity index (χ1) is 14.2. The minimum absolute atomic E-state index is 0. The van der Waals surface area contributed by atoms with E-state index in [1.807, 2.05) is 19.1 Å². The van der Waals surface area contributed by atoms with Crippen LogP contribution in [0.2, 0.25) is 18.1 Å². The normalized spacial score (nSPS) is 17.2. The molecule has 2 aliphatic carbocycles. The van der Waals surface area contributed by atoms with E-state index in [1.165, 1.54) is 64.2 Å². The topological polar surface area (TPSA) is 122 Å². The van der Waals surface area contributed by atoms with E-state index < -0.39 is 18.6 Å². The van der Waals surface area contributed by atoms with E-state index in [1.54, 1.807) is 0 Å². The van der Waals surface area contributed by atoms with Crippen LogP contribution in [-0.4, -0.2) is 26.1 Å². The van der Waals surface area contributed by atoms with Crippen LogP contribution in [0.25, 0.3) is 0 Å². The summed E-state index contributed by atoms with van der Waals surface area (Å²) in [5.41, 5.74) is 0. The molecule has 1 unspecified atom stereocenters. The van der Waals surface area contributed by atoms with Crippen molar-refractivity contribution < 1.29 is 64.6 Å². The molecule has 0 aromatic heterocycles. The SMILES string of the molecule is C1CCCC1.C1CCCC1.CCC(O)/C=C/CCO[Si](C)(C)C(C)(C)C.[O-][Cl+3]([O-])([O-])[O-].[Zr]. The molecule has 2 rings (SSSR count). The average Bonchev–Trinajstić information content (AvgIpc) is 3.36. The maximum Gasteiger partial charge on any atom is 0.191 e. The number of hydrogen-bond donors (Lipinski definition) is 1. The maximum absolute atomic E-state index is 9.33. The number of rotatable bonds is 6. The van der Waals surface area contributed by atoms with Crippen LogP contribution in [0.3, 0.4) is 0 Å². The molecule has 0 bridgehead atoms. The Hall–Kier alpha value is 0.890. The van der Waals surface area contributed by atoms with Gasteiger partial charge in [-0.15, -0.1) is 10.2 Å². The van der Waals surface area contributed by atoms with Gasteiger partial charge in [0.1, 0.15) is 0 Å². The summed E-state index contributed by atoms with van der Waals surface area (Å²) in [6.07, 6.45) is 20.2. The molecule has 32 heavy (non-hydrogen) atoms. The Morgan fingerprint density at radius 2 is 1.19 bits per heavy atom. The molecule has 0 amide bonds. The molecule has 0 aliphatic heterocycles. The number of aliphatic hydroxyl groups is 1. The Bertz CT molecular complexity index is 400. The monoisotopic (exact) mass is 573 g/mol. The van der Waals surface area contributed by atoms with E-state index in [9.17, 15) is 5.11 Å². The molecule has 2 fully saturated rings. The molecule has 0 aromatic carbocycles. The Morgan fingerprint density at radius 3 is 1.44 bits per heavy atom. The van der Waals surface area contributed by atoms with Crippen LogP contribution in [0.5, 0.6) is 0 Å². The van der Waals surface area contributed by atoms with Crippen molar-refractivity contribution in [2.45, 2.75) is 129 Å². The first-order valence-electron chi connectivity index (χ1n) is 11.8. The van der Waals surface area contributed by atoms with Crippen LogP contribution in [0.4, 0.5) is 0 Å². The molecule has 0 spiro atoms. The van der Waals surface area contributed by atoms with E-state index in [-0.39, 0.29) is 37.3 Å². The van der Waals surface area contributed by atoms with Crippen LogP contribution in [0.15, 0.2) is 12.2 Å². The van der Waals surface area contributed by atoms with Gasteiger partial charge in [0.2, 0.25) is 0 Å². The third-order valence-corrected chi connectivity index (χ3v) is 10.4. The summed E-state index contributed by atoms with van der Waals surface area (Å²) in [7, 11) is -6.53. The summed E-state index contributed by atoms with van der Waals surface area (Å²) in [6, 6.07) is 0. The molecular formula is C23H48ClO6SiZr-. The summed E-state index contributed by atoms with van der Waals surface area (Å²) in [4.78, 5) is 0. The molecule has 9 heteroatoms. The van der Waals surface area contributed by atoms with Crippen LogP contribution >= 0.6 is 0 Å². The van der Waals surface area contributed by atoms with Gasteiger partial charge in [-0.25, -0.2) is 18.6 Å². The Morgan fingerprint density at radius 1 is 0.875 bits per heavy atom. The van der Waals surface area contributed by atoms with Gasteiger partial charge in [-0.1, -0.05) is 104 Å². The fraction of sp³-hybridized carbons (Fsp3) is 0.913. The molecule has 192 valence electrons. The minimum Gasteiger partial charge on any atom is -0.417 e. The Labute approximate surface area is 219 Å². The third-order valence-electron chi connectivity index (χ3n) is 5.83. The average molecular weight is 575 g/mol. The van der Waals surface area contributed by atoms with E-state index in [2.05, 4.69) is 33.9 Å². The second-order valence-corrected chi connectivity index (χ2v) is 15.3. The fourth-order valence-electron chi connectivity index (χ4n) is 2.76. The van der Waals surface area contributed by atoms with Gasteiger partial charge < -0.3 is 9.53 Å². The van der Waals surface area contributed by atoms with Crippen molar-refractivity contribution in [3.05, 3.63) is 12.2 Å². The van der Waals surface area contributed by atoms with E-state index >= 15 is 0 Å². The Kier molecular flexibility index (Phi) is 24.8. The van der Waals surface area contributed by atoms with E-state index in [0.29, 0.717) is 0 Å². The van der Waals surface area contributed by atoms with Gasteiger partial charge in [0.05, 0.1) is 6.10 Å². The van der Waals surface area contributed by atoms with Crippen molar-refractivity contribution in [1.29, 1.82) is 0 Å². The molecule has 1 atom stereocenters. The second-order valence-electron chi connectivity index (χ2n) is 9.71. The predicted molar refractivity (Wildman–Crippen MR) is 119 cm³/mol. The van der Waals surface area contributed by atoms with Crippen LogP contribution in [0, 0.1) is 10.2 Å². The van der Waals surface area contributed by atoms with Gasteiger partial charge in [0, 0.05) is 32.8 Å². The zero-order valence-electron chi connectivity index (χ0n) is 21.3. The molecule has 6 nitrogen and oxygen atoms in total. The number of halogens is 1. The first kappa shape index (κ1) is 37.4. The fourth-order valence-corrected chi connectivity index (χ4v) is 3.82. The van der Waals surface area contributed by atoms with Gasteiger partial charge >= 0.3 is 0 Å². The van der Waals surface area contributed by atoms with Crippen molar-refractivity contribution in [1.82, 2.24) is 0 Å². The summed E-state index contributed by atoms with van der Waals surface area (Å²) >= 11 is 0. The Balaban J connectivity index is -0.000000422. The zero-order chi connectivity index (χ0) is 24.4. The van der Waals surface area contributed by atoms with Crippen molar-refractivity contribution in [3.8, 4) is 0 Å². The van der Waals surface area contributed by atoms with Crippen molar-refractivity contribution in [2.75, 3.05) is 6.61 Å². The van der Waals surface area contributed by atoms with Crippen LogP contribution in [-0.2, 0) is 30.6 Å². The molecule has 0 aromatic rings. The van der Waals surface area contributed by atoms with Gasteiger partial charge in [-0.3, -0.25) is 0 Å². The van der Waals surface area contributed by atoms with E-state index in [4.69, 9.17) is 23.1 Å². The summed E-state index contributed by atoms with van der Waals surface area (Å²) in [5.74, 6) is 0. The number of aliphatic hydroxyl groups excluding tert-OH is 1. The minimum atomic E-state index is -4.94. The number of hydrogen-bond acceptors (Lipinski definition) is 6. The zero-order valence-corrected chi connectivity index (χ0v) is 25.5. The van der Waals surface area contributed by atoms with Crippen LogP contribution in [0.1, 0.15) is 105 Å². The maximum atomic E-state index is 9.33. The van der Waals surface area contributed by atoms with Crippen LogP contribution < -0.4 is 18.6 Å². The standard InChI is InChI=1S/C13H28O2Si.2C5H10.ClHO4.Zr/c1-7-12(14)10-8-9-11-15-16(5,6)13(2,3)4;2*1-2-4-5-3-1;2-1(3,4)5;/h8,10,12,14H,7,9,11H2,1-6H3;2*1-5H2;(H,2,3,4,5);/p-1/b10-8+;;;;. The van der Waals surface area contributed by atoms with E-state index in [0.717, 1.165) is 19.4 Å². The van der Waals surface area contributed by atoms with Crippen molar-refractivity contribution >= 4 is 8.32 Å². The molecule has 0 saturated heterocycles. The van der Waals surface area contributed by atoms with Gasteiger partial charge in [-0.2, -0.15) is 0 Å². The van der Waals surface area contributed by atoms with Gasteiger partial charge in [0.25, 0.3) is 0 Å². The third kappa shape index (κ3) is 28.9. The first-order valence-corrected chi connectivity index (χ1v) is 16.0. The molecule has 2 saturated carbocycles. The second kappa shape index (κ2) is 21.2. The van der Waals surface area contributed by atoms with Crippen molar-refractivity contribution in [2.24, 2.45) is 0 Å². The molecule has 2 aliphatic rings. The molecular weight excluding hydrogens is 527 g/mol. The molecule has 1 N–H and O–H groups in total. The molecule has 0 radical (unpaired) electrons. The molecule has 0 heterocycles. The largest absolute Gasteiger partial charge is 0.417 e.